The summed E-state index contributed by atoms with van der Waals surface area (Å²) in [5.41, 5.74) is 1.14. The first-order valence-corrected chi connectivity index (χ1v) is 16.2. The van der Waals surface area contributed by atoms with Gasteiger partial charge in [-0.1, -0.05) is 0 Å². The van der Waals surface area contributed by atoms with Crippen molar-refractivity contribution in [3.63, 3.8) is 0 Å². The molecule has 0 saturated carbocycles. The molecular weight excluding hydrogens is 557 g/mol. The number of amides is 1. The molecule has 0 unspecified atom stereocenters. The molecule has 41 heavy (non-hydrogen) atoms. The summed E-state index contributed by atoms with van der Waals surface area (Å²) in [5, 5.41) is 4.27. The zero-order valence-electron chi connectivity index (χ0n) is 21.9. The first kappa shape index (κ1) is 28.4. The van der Waals surface area contributed by atoms with E-state index in [4.69, 9.17) is 4.08 Å². The third-order valence-electron chi connectivity index (χ3n) is 6.81. The second-order valence-electron chi connectivity index (χ2n) is 9.25. The number of benzene rings is 5. The normalized spacial score (nSPS) is 13.1. The van der Waals surface area contributed by atoms with Crippen LogP contribution in [0, 0.1) is 10.2 Å². The number of hydrogen-bond donors (Lipinski definition) is 1. The Morgan fingerprint density at radius 1 is 0.585 bits per heavy atom. The summed E-state index contributed by atoms with van der Waals surface area (Å²) in [4.78, 5) is 13.9. The molecule has 206 valence electrons. The summed E-state index contributed by atoms with van der Waals surface area (Å²) in [5.74, 6) is -0.492. The van der Waals surface area contributed by atoms with Gasteiger partial charge < -0.3 is 0 Å². The molecule has 5 rings (SSSR count). The average Bonchev–Trinajstić information content (AvgIpc) is 3.01. The molecule has 0 aliphatic rings. The maximum absolute atomic E-state index is 13.9. The first-order valence-electron chi connectivity index (χ1n) is 12.8. The van der Waals surface area contributed by atoms with Gasteiger partial charge in [0.05, 0.1) is 0 Å². The second kappa shape index (κ2) is 11.8. The Morgan fingerprint density at radius 2 is 0.951 bits per heavy atom. The second-order valence-corrected chi connectivity index (χ2v) is 14.7. The Bertz CT molecular complexity index is 1530. The van der Waals surface area contributed by atoms with Crippen molar-refractivity contribution in [2.45, 2.75) is 0 Å². The molecule has 0 radical (unpaired) electrons. The van der Waals surface area contributed by atoms with Crippen LogP contribution in [-0.2, 0) is 4.08 Å². The Balaban J connectivity index is 2.00. The summed E-state index contributed by atoms with van der Waals surface area (Å²) >= 11 is 0. The standard InChI is InChI=1S/C33H27ClNO5P/c36-33(28-18-8-2-9-19-28)35-32(26-27-16-6-1-7-17-27)41(40-34(37,38)39,29-20-10-3-11-21-29,30-22-12-4-13-23-30)31-24-14-5-15-25-31/h1-26H,(H,35,36)/b32-26+. The molecule has 0 fully saturated rings. The number of halogens is 1. The number of carbonyl (C=O) groups excluding carboxylic acids is 1. The Kier molecular flexibility index (Phi) is 8.15. The van der Waals surface area contributed by atoms with Crippen LogP contribution in [0.25, 0.3) is 6.08 Å². The van der Waals surface area contributed by atoms with Crippen LogP contribution in [0.1, 0.15) is 15.9 Å². The molecule has 6 nitrogen and oxygen atoms in total. The maximum atomic E-state index is 13.9. The molecule has 0 atom stereocenters. The molecule has 0 saturated heterocycles. The molecule has 5 aromatic carbocycles. The number of rotatable bonds is 9. The topological polar surface area (TPSA) is 108 Å². The minimum absolute atomic E-state index is 0.131. The fourth-order valence-corrected chi connectivity index (χ4v) is 12.3. The van der Waals surface area contributed by atoms with Crippen LogP contribution in [-0.4, -0.2) is 5.91 Å². The van der Waals surface area contributed by atoms with Crippen LogP contribution in [0.3, 0.4) is 0 Å². The summed E-state index contributed by atoms with van der Waals surface area (Å²) < 4.78 is 45.0. The van der Waals surface area contributed by atoms with Gasteiger partial charge in [-0.05, 0) is 0 Å². The fraction of sp³-hybridized carbons (Fsp3) is 0. The molecule has 0 bridgehead atoms. The van der Waals surface area contributed by atoms with Gasteiger partial charge in [0.1, 0.15) is 0 Å². The summed E-state index contributed by atoms with van der Waals surface area (Å²) in [6.45, 7) is -5.04. The van der Waals surface area contributed by atoms with Gasteiger partial charge in [0.15, 0.2) is 0 Å². The summed E-state index contributed by atoms with van der Waals surface area (Å²) in [6, 6.07) is 44.0. The van der Waals surface area contributed by atoms with Crippen LogP contribution in [0.2, 0.25) is 0 Å². The van der Waals surface area contributed by atoms with Crippen molar-refractivity contribution in [1.29, 1.82) is 0 Å². The van der Waals surface area contributed by atoms with E-state index in [-0.39, 0.29) is 5.44 Å². The molecule has 0 aliphatic carbocycles. The summed E-state index contributed by atoms with van der Waals surface area (Å²) in [7, 11) is -5.06. The van der Waals surface area contributed by atoms with Gasteiger partial charge in [0, 0.05) is 0 Å². The van der Waals surface area contributed by atoms with Crippen LogP contribution >= 0.6 is 6.83 Å². The Hall–Kier alpha value is -4.13. The van der Waals surface area contributed by atoms with Crippen molar-refractivity contribution in [2.75, 3.05) is 0 Å². The van der Waals surface area contributed by atoms with E-state index in [0.29, 0.717) is 27.0 Å². The molecule has 8 heteroatoms. The van der Waals surface area contributed by atoms with Crippen molar-refractivity contribution in [2.24, 2.45) is 0 Å². The van der Waals surface area contributed by atoms with Gasteiger partial charge >= 0.3 is 241 Å². The van der Waals surface area contributed by atoms with E-state index in [0.717, 1.165) is 0 Å². The zero-order valence-corrected chi connectivity index (χ0v) is 23.5. The summed E-state index contributed by atoms with van der Waals surface area (Å²) in [6.07, 6.45) is 1.69. The van der Waals surface area contributed by atoms with Crippen LogP contribution < -0.4 is 35.2 Å². The average molecular weight is 584 g/mol. The monoisotopic (exact) mass is 583 g/mol. The molecule has 1 amide bonds. The van der Waals surface area contributed by atoms with E-state index in [1.54, 1.807) is 127 Å². The molecule has 0 spiro atoms. The minimum atomic E-state index is -5.06. The predicted octanol–water partition coefficient (Wildman–Crippen LogP) is 2.77. The van der Waals surface area contributed by atoms with Gasteiger partial charge in [-0.2, -0.15) is 0 Å². The van der Waals surface area contributed by atoms with E-state index in [1.165, 1.54) is 0 Å². The number of carbonyl (C=O) groups is 1. The molecular formula is C33H27ClNO5P. The van der Waals surface area contributed by atoms with Crippen LogP contribution in [0.5, 0.6) is 0 Å². The molecule has 0 aliphatic heterocycles. The molecule has 0 aromatic heterocycles. The van der Waals surface area contributed by atoms with Crippen LogP contribution in [0.4, 0.5) is 0 Å². The van der Waals surface area contributed by atoms with E-state index >= 15 is 0 Å². The van der Waals surface area contributed by atoms with Crippen molar-refractivity contribution in [3.8, 4) is 0 Å². The first-order chi connectivity index (χ1) is 19.8. The van der Waals surface area contributed by atoms with Gasteiger partial charge in [-0.3, -0.25) is 0 Å². The van der Waals surface area contributed by atoms with Crippen molar-refractivity contribution >= 4 is 34.7 Å². The van der Waals surface area contributed by atoms with Crippen molar-refractivity contribution < 1.29 is 33.1 Å². The van der Waals surface area contributed by atoms with Crippen molar-refractivity contribution in [3.05, 3.63) is 168 Å². The zero-order chi connectivity index (χ0) is 28.8. The molecule has 1 N–H and O–H groups in total. The van der Waals surface area contributed by atoms with Gasteiger partial charge in [0.2, 0.25) is 0 Å². The Labute approximate surface area is 240 Å². The van der Waals surface area contributed by atoms with E-state index < -0.39 is 23.0 Å². The number of nitrogens with one attached hydrogen (secondary N) is 1. The predicted molar refractivity (Wildman–Crippen MR) is 155 cm³/mol. The third-order valence-corrected chi connectivity index (χ3v) is 13.6. The third kappa shape index (κ3) is 5.45. The van der Waals surface area contributed by atoms with E-state index in [1.807, 2.05) is 30.3 Å². The van der Waals surface area contributed by atoms with E-state index in [2.05, 4.69) is 5.32 Å². The van der Waals surface area contributed by atoms with Gasteiger partial charge in [0.25, 0.3) is 0 Å². The fourth-order valence-electron chi connectivity index (χ4n) is 5.08. The SMILES string of the molecule is O=C(N/C(=C\c1ccccc1)P(O[Cl+3]([O-])([O-])[O-])(c1ccccc1)(c1ccccc1)c1ccccc1)c1ccccc1. The van der Waals surface area contributed by atoms with Gasteiger partial charge in [-0.15, -0.1) is 0 Å². The molecule has 0 heterocycles. The van der Waals surface area contributed by atoms with E-state index in [9.17, 15) is 18.8 Å². The number of hydrogen-bond acceptors (Lipinski definition) is 5. The quantitative estimate of drug-likeness (QED) is 0.269. The van der Waals surface area contributed by atoms with Crippen LogP contribution in [0.15, 0.2) is 157 Å². The van der Waals surface area contributed by atoms with Gasteiger partial charge in [-0.25, -0.2) is 0 Å². The Morgan fingerprint density at radius 3 is 1.34 bits per heavy atom. The van der Waals surface area contributed by atoms with Crippen molar-refractivity contribution in [1.82, 2.24) is 5.32 Å². The molecule has 5 aromatic rings.